The van der Waals surface area contributed by atoms with Crippen molar-refractivity contribution < 1.29 is 14.6 Å². The molecule has 1 aliphatic rings. The molecule has 3 aromatic rings. The molecule has 0 amide bonds. The number of methoxy groups -OCH3 is 1. The van der Waals surface area contributed by atoms with Crippen molar-refractivity contribution in [2.24, 2.45) is 28.2 Å². The van der Waals surface area contributed by atoms with E-state index in [2.05, 4.69) is 0 Å². The molecule has 0 fully saturated rings. The van der Waals surface area contributed by atoms with Crippen molar-refractivity contribution in [3.05, 3.63) is 76.6 Å². The van der Waals surface area contributed by atoms with E-state index in [1.165, 1.54) is 35.3 Å². The SMILES string of the molecule is COc1ccc2c(c1)C(c1c(O)n(C)c(=O)n(C)c1=O)c1c(n(C)c(=O)n(C)c1=O)O2. The normalized spacial score (nSPS) is 14.5. The Labute approximate surface area is 174 Å². The lowest BCUT2D eigenvalue weighted by molar-refractivity contribution is 0.377. The van der Waals surface area contributed by atoms with Crippen LogP contribution in [-0.4, -0.2) is 30.5 Å². The molecule has 11 heteroatoms. The van der Waals surface area contributed by atoms with Gasteiger partial charge < -0.3 is 14.6 Å². The first-order valence-corrected chi connectivity index (χ1v) is 9.24. The van der Waals surface area contributed by atoms with Gasteiger partial charge in [-0.2, -0.15) is 0 Å². The fraction of sp³-hybridized carbons (Fsp3) is 0.300. The summed E-state index contributed by atoms with van der Waals surface area (Å²) >= 11 is 0. The molecule has 0 bridgehead atoms. The third kappa shape index (κ3) is 2.66. The van der Waals surface area contributed by atoms with Crippen LogP contribution in [0.4, 0.5) is 0 Å². The maximum Gasteiger partial charge on any atom is 0.333 e. The van der Waals surface area contributed by atoms with Gasteiger partial charge in [0.15, 0.2) is 0 Å². The molecule has 31 heavy (non-hydrogen) atoms. The molecular weight excluding hydrogens is 408 g/mol. The number of hydrogen-bond acceptors (Lipinski definition) is 7. The first kappa shape index (κ1) is 20.3. The van der Waals surface area contributed by atoms with Gasteiger partial charge in [0, 0.05) is 33.8 Å². The zero-order valence-electron chi connectivity index (χ0n) is 17.5. The molecule has 0 saturated heterocycles. The van der Waals surface area contributed by atoms with Gasteiger partial charge in [0.1, 0.15) is 11.5 Å². The minimum absolute atomic E-state index is 0.0172. The number of rotatable bonds is 2. The Kier molecular flexibility index (Phi) is 4.42. The van der Waals surface area contributed by atoms with E-state index < -0.39 is 34.3 Å². The standard InChI is InChI=1S/C20H20N4O7/c1-21-15(25)13(16(26)22(2)19(21)28)12-10-8-9(30-5)6-7-11(10)31-18-14(12)17(27)23(3)20(29)24(18)4/h6-8,12,25H,1-5H3. The fourth-order valence-electron chi connectivity index (χ4n) is 3.87. The highest BCUT2D eigenvalue weighted by Crippen LogP contribution is 2.47. The van der Waals surface area contributed by atoms with Gasteiger partial charge in [0.25, 0.3) is 11.1 Å². The second-order valence-electron chi connectivity index (χ2n) is 7.31. The van der Waals surface area contributed by atoms with Crippen molar-refractivity contribution >= 4 is 0 Å². The lowest BCUT2D eigenvalue weighted by atomic mass is 9.84. The summed E-state index contributed by atoms with van der Waals surface area (Å²) in [5.74, 6) is -1.05. The molecule has 162 valence electrons. The Balaban J connectivity index is 2.24. The molecule has 4 rings (SSSR count). The first-order valence-electron chi connectivity index (χ1n) is 9.24. The molecule has 11 nitrogen and oxygen atoms in total. The maximum absolute atomic E-state index is 13.2. The van der Waals surface area contributed by atoms with Crippen LogP contribution >= 0.6 is 0 Å². The maximum atomic E-state index is 13.2. The molecular formula is C20H20N4O7. The number of nitrogens with zero attached hydrogens (tertiary/aromatic N) is 4. The largest absolute Gasteiger partial charge is 0.497 e. The number of benzene rings is 1. The van der Waals surface area contributed by atoms with Crippen molar-refractivity contribution in [2.75, 3.05) is 7.11 Å². The minimum atomic E-state index is -1.12. The Morgan fingerprint density at radius 3 is 2.06 bits per heavy atom. The molecule has 1 atom stereocenters. The van der Waals surface area contributed by atoms with Crippen LogP contribution in [0.1, 0.15) is 22.6 Å². The molecule has 0 aliphatic carbocycles. The molecule has 3 heterocycles. The molecule has 1 aromatic carbocycles. The van der Waals surface area contributed by atoms with Crippen LogP contribution in [0.2, 0.25) is 0 Å². The van der Waals surface area contributed by atoms with Gasteiger partial charge in [-0.05, 0) is 18.2 Å². The summed E-state index contributed by atoms with van der Waals surface area (Å²) in [6.07, 6.45) is 0. The van der Waals surface area contributed by atoms with E-state index in [-0.39, 0.29) is 22.8 Å². The smallest absolute Gasteiger partial charge is 0.333 e. The summed E-state index contributed by atoms with van der Waals surface area (Å²) in [6, 6.07) is 4.78. The van der Waals surface area contributed by atoms with Crippen molar-refractivity contribution in [1.29, 1.82) is 0 Å². The van der Waals surface area contributed by atoms with E-state index in [9.17, 15) is 24.3 Å². The summed E-state index contributed by atoms with van der Waals surface area (Å²) in [5, 5.41) is 10.8. The molecule has 0 radical (unpaired) electrons. The number of aromatic hydroxyl groups is 1. The second-order valence-corrected chi connectivity index (χ2v) is 7.31. The van der Waals surface area contributed by atoms with Gasteiger partial charge in [-0.15, -0.1) is 0 Å². The van der Waals surface area contributed by atoms with Crippen LogP contribution in [0.5, 0.6) is 23.3 Å². The van der Waals surface area contributed by atoms with Crippen molar-refractivity contribution in [3.63, 3.8) is 0 Å². The van der Waals surface area contributed by atoms with Gasteiger partial charge >= 0.3 is 11.4 Å². The van der Waals surface area contributed by atoms with Crippen LogP contribution in [0.15, 0.2) is 37.4 Å². The third-order valence-corrected chi connectivity index (χ3v) is 5.62. The lowest BCUT2D eigenvalue weighted by Gasteiger charge is -2.29. The monoisotopic (exact) mass is 428 g/mol. The van der Waals surface area contributed by atoms with Gasteiger partial charge in [0.05, 0.1) is 24.2 Å². The molecule has 1 aliphatic heterocycles. The summed E-state index contributed by atoms with van der Waals surface area (Å²) in [4.78, 5) is 51.0. The highest BCUT2D eigenvalue weighted by molar-refractivity contribution is 5.58. The summed E-state index contributed by atoms with van der Waals surface area (Å²) in [5.41, 5.74) is -2.64. The second kappa shape index (κ2) is 6.76. The average molecular weight is 428 g/mol. The van der Waals surface area contributed by atoms with Crippen LogP contribution in [0, 0.1) is 0 Å². The summed E-state index contributed by atoms with van der Waals surface area (Å²) in [6.45, 7) is 0. The van der Waals surface area contributed by atoms with Crippen LogP contribution in [-0.2, 0) is 28.2 Å². The van der Waals surface area contributed by atoms with Crippen molar-refractivity contribution in [2.45, 2.75) is 5.92 Å². The minimum Gasteiger partial charge on any atom is -0.497 e. The zero-order valence-corrected chi connectivity index (χ0v) is 17.5. The van der Waals surface area contributed by atoms with Crippen molar-refractivity contribution in [1.82, 2.24) is 18.3 Å². The van der Waals surface area contributed by atoms with Crippen molar-refractivity contribution in [3.8, 4) is 23.3 Å². The van der Waals surface area contributed by atoms with Crippen LogP contribution < -0.4 is 32.0 Å². The number of ether oxygens (including phenoxy) is 2. The highest BCUT2D eigenvalue weighted by Gasteiger charge is 2.38. The third-order valence-electron chi connectivity index (χ3n) is 5.62. The van der Waals surface area contributed by atoms with Gasteiger partial charge in [-0.3, -0.25) is 27.9 Å². The zero-order chi connectivity index (χ0) is 22.8. The highest BCUT2D eigenvalue weighted by atomic mass is 16.5. The summed E-state index contributed by atoms with van der Waals surface area (Å²) in [7, 11) is 6.79. The first-order chi connectivity index (χ1) is 14.6. The average Bonchev–Trinajstić information content (AvgIpc) is 2.77. The van der Waals surface area contributed by atoms with E-state index in [1.54, 1.807) is 18.2 Å². The van der Waals surface area contributed by atoms with Gasteiger partial charge in [0.2, 0.25) is 11.8 Å². The fourth-order valence-corrected chi connectivity index (χ4v) is 3.87. The molecule has 2 aromatic heterocycles. The van der Waals surface area contributed by atoms with Gasteiger partial charge in [-0.25, -0.2) is 9.59 Å². The van der Waals surface area contributed by atoms with Gasteiger partial charge in [-0.1, -0.05) is 0 Å². The van der Waals surface area contributed by atoms with E-state index >= 15 is 0 Å². The summed E-state index contributed by atoms with van der Waals surface area (Å²) < 4.78 is 15.0. The Morgan fingerprint density at radius 2 is 1.45 bits per heavy atom. The van der Waals surface area contributed by atoms with Crippen LogP contribution in [0.25, 0.3) is 0 Å². The van der Waals surface area contributed by atoms with E-state index in [4.69, 9.17) is 9.47 Å². The molecule has 1 N–H and O–H groups in total. The molecule has 0 spiro atoms. The Morgan fingerprint density at radius 1 is 0.871 bits per heavy atom. The lowest BCUT2D eigenvalue weighted by Crippen LogP contribution is -2.44. The predicted molar refractivity (Wildman–Crippen MR) is 110 cm³/mol. The number of hydrogen-bond donors (Lipinski definition) is 1. The molecule has 0 saturated carbocycles. The number of fused-ring (bicyclic) bond motifs is 2. The topological polar surface area (TPSA) is 127 Å². The predicted octanol–water partition coefficient (Wildman–Crippen LogP) is -0.518. The molecule has 1 unspecified atom stereocenters. The van der Waals surface area contributed by atoms with E-state index in [0.717, 1.165) is 18.3 Å². The van der Waals surface area contributed by atoms with E-state index in [0.29, 0.717) is 11.3 Å². The quantitative estimate of drug-likeness (QED) is 0.455. The van der Waals surface area contributed by atoms with E-state index in [1.807, 2.05) is 0 Å². The Bertz CT molecular complexity index is 1460. The Hall–Kier alpha value is -4.02. The van der Waals surface area contributed by atoms with Crippen LogP contribution in [0.3, 0.4) is 0 Å². The number of aromatic nitrogens is 4.